The highest BCUT2D eigenvalue weighted by Crippen LogP contribution is 2.22. The van der Waals surface area contributed by atoms with Crippen LogP contribution in [0.15, 0.2) is 18.2 Å². The molecule has 0 bridgehead atoms. The summed E-state index contributed by atoms with van der Waals surface area (Å²) >= 11 is 5.60. The van der Waals surface area contributed by atoms with Crippen LogP contribution in [0, 0.1) is 5.82 Å². The number of nitrogens with zero attached hydrogens (tertiary/aromatic N) is 1. The largest absolute Gasteiger partial charge is 0.480 e. The molecule has 1 atom stereocenters. The fourth-order valence-corrected chi connectivity index (χ4v) is 2.24. The Hall–Kier alpha value is -1.62. The van der Waals surface area contributed by atoms with Crippen LogP contribution in [0.5, 0.6) is 0 Å². The Morgan fingerprint density at radius 1 is 1.44 bits per heavy atom. The first-order valence-corrected chi connectivity index (χ1v) is 5.87. The highest BCUT2D eigenvalue weighted by atomic mass is 35.5. The van der Waals surface area contributed by atoms with Crippen molar-refractivity contribution >= 4 is 23.5 Å². The summed E-state index contributed by atoms with van der Waals surface area (Å²) in [7, 11) is 0. The second-order valence-corrected chi connectivity index (χ2v) is 4.56. The molecular formula is C12H11ClFNO3. The summed E-state index contributed by atoms with van der Waals surface area (Å²) < 4.78 is 13.6. The van der Waals surface area contributed by atoms with Gasteiger partial charge in [0.2, 0.25) is 0 Å². The van der Waals surface area contributed by atoms with Gasteiger partial charge in [0, 0.05) is 11.6 Å². The van der Waals surface area contributed by atoms with Gasteiger partial charge in [0.25, 0.3) is 5.91 Å². The quantitative estimate of drug-likeness (QED) is 0.897. The third-order valence-electron chi connectivity index (χ3n) is 2.96. The molecule has 1 N–H and O–H groups in total. The number of carbonyl (C=O) groups is 2. The van der Waals surface area contributed by atoms with Gasteiger partial charge in [-0.15, -0.1) is 0 Å². The van der Waals surface area contributed by atoms with Gasteiger partial charge in [-0.25, -0.2) is 9.18 Å². The van der Waals surface area contributed by atoms with Crippen LogP contribution in [-0.2, 0) is 4.79 Å². The lowest BCUT2D eigenvalue weighted by atomic mass is 10.1. The Labute approximate surface area is 108 Å². The smallest absolute Gasteiger partial charge is 0.326 e. The van der Waals surface area contributed by atoms with E-state index in [9.17, 15) is 14.0 Å². The molecule has 0 saturated carbocycles. The Morgan fingerprint density at radius 3 is 2.78 bits per heavy atom. The van der Waals surface area contributed by atoms with Gasteiger partial charge in [-0.3, -0.25) is 4.79 Å². The SMILES string of the molecule is O=C(O)C1CCCN1C(=O)c1ccc(Cl)cc1F. The minimum absolute atomic E-state index is 0.146. The minimum Gasteiger partial charge on any atom is -0.480 e. The normalized spacial score (nSPS) is 19.0. The second-order valence-electron chi connectivity index (χ2n) is 4.12. The second kappa shape index (κ2) is 4.94. The molecule has 1 aliphatic rings. The molecule has 1 heterocycles. The number of amides is 1. The van der Waals surface area contributed by atoms with Crippen LogP contribution in [0.25, 0.3) is 0 Å². The Bertz CT molecular complexity index is 506. The van der Waals surface area contributed by atoms with Gasteiger partial charge in [0.15, 0.2) is 0 Å². The van der Waals surface area contributed by atoms with E-state index in [-0.39, 0.29) is 10.6 Å². The molecule has 1 fully saturated rings. The van der Waals surface area contributed by atoms with Crippen molar-refractivity contribution in [1.29, 1.82) is 0 Å². The summed E-state index contributed by atoms with van der Waals surface area (Å²) in [4.78, 5) is 24.2. The topological polar surface area (TPSA) is 57.6 Å². The maximum Gasteiger partial charge on any atom is 0.326 e. The van der Waals surface area contributed by atoms with Crippen LogP contribution in [0.2, 0.25) is 5.02 Å². The van der Waals surface area contributed by atoms with E-state index in [1.54, 1.807) is 0 Å². The van der Waals surface area contributed by atoms with Crippen molar-refractivity contribution in [2.75, 3.05) is 6.54 Å². The summed E-state index contributed by atoms with van der Waals surface area (Å²) in [5.74, 6) is -2.40. The van der Waals surface area contributed by atoms with Crippen LogP contribution >= 0.6 is 11.6 Å². The molecular weight excluding hydrogens is 261 g/mol. The van der Waals surface area contributed by atoms with Crippen molar-refractivity contribution in [2.24, 2.45) is 0 Å². The standard InChI is InChI=1S/C12H11ClFNO3/c13-7-3-4-8(9(14)6-7)11(16)15-5-1-2-10(15)12(17)18/h3-4,6,10H,1-2,5H2,(H,17,18). The summed E-state index contributed by atoms with van der Waals surface area (Å²) in [6.07, 6.45) is 1.01. The lowest BCUT2D eigenvalue weighted by Gasteiger charge is -2.21. The maximum absolute atomic E-state index is 13.6. The van der Waals surface area contributed by atoms with E-state index >= 15 is 0 Å². The molecule has 1 aromatic carbocycles. The molecule has 1 aliphatic heterocycles. The van der Waals surface area contributed by atoms with Gasteiger partial charge in [-0.1, -0.05) is 11.6 Å². The molecule has 0 spiro atoms. The molecule has 4 nitrogen and oxygen atoms in total. The van der Waals surface area contributed by atoms with E-state index < -0.39 is 23.7 Å². The molecule has 0 aromatic heterocycles. The van der Waals surface area contributed by atoms with Crippen molar-refractivity contribution in [3.8, 4) is 0 Å². The average Bonchev–Trinajstić information content (AvgIpc) is 2.77. The lowest BCUT2D eigenvalue weighted by Crippen LogP contribution is -2.40. The maximum atomic E-state index is 13.6. The number of likely N-dealkylation sites (tertiary alicyclic amines) is 1. The molecule has 6 heteroatoms. The Morgan fingerprint density at radius 2 is 2.17 bits per heavy atom. The molecule has 0 radical (unpaired) electrons. The lowest BCUT2D eigenvalue weighted by molar-refractivity contribution is -0.141. The number of aliphatic carboxylic acids is 1. The molecule has 96 valence electrons. The first-order valence-electron chi connectivity index (χ1n) is 5.49. The summed E-state index contributed by atoms with van der Waals surface area (Å²) in [6.45, 7) is 0.331. The van der Waals surface area contributed by atoms with Crippen molar-refractivity contribution in [3.05, 3.63) is 34.6 Å². The third-order valence-corrected chi connectivity index (χ3v) is 3.20. The van der Waals surface area contributed by atoms with Crippen molar-refractivity contribution in [3.63, 3.8) is 0 Å². The van der Waals surface area contributed by atoms with Crippen LogP contribution in [0.3, 0.4) is 0 Å². The molecule has 18 heavy (non-hydrogen) atoms. The predicted octanol–water partition coefficient (Wildman–Crippen LogP) is 2.17. The van der Waals surface area contributed by atoms with Crippen LogP contribution < -0.4 is 0 Å². The van der Waals surface area contributed by atoms with Crippen molar-refractivity contribution in [2.45, 2.75) is 18.9 Å². The first kappa shape index (κ1) is 12.8. The van der Waals surface area contributed by atoms with E-state index in [1.165, 1.54) is 17.0 Å². The van der Waals surface area contributed by atoms with E-state index in [1.807, 2.05) is 0 Å². The fourth-order valence-electron chi connectivity index (χ4n) is 2.08. The number of carbonyl (C=O) groups excluding carboxylic acids is 1. The number of carboxylic acids is 1. The zero-order valence-corrected chi connectivity index (χ0v) is 10.2. The highest BCUT2D eigenvalue weighted by molar-refractivity contribution is 6.30. The van der Waals surface area contributed by atoms with Crippen LogP contribution in [-0.4, -0.2) is 34.5 Å². The molecule has 1 saturated heterocycles. The van der Waals surface area contributed by atoms with E-state index in [0.29, 0.717) is 19.4 Å². The van der Waals surface area contributed by atoms with Gasteiger partial charge >= 0.3 is 5.97 Å². The summed E-state index contributed by atoms with van der Waals surface area (Å²) in [6, 6.07) is 2.86. The van der Waals surface area contributed by atoms with Crippen molar-refractivity contribution in [1.82, 2.24) is 4.90 Å². The molecule has 2 rings (SSSR count). The number of hydrogen-bond acceptors (Lipinski definition) is 2. The monoisotopic (exact) mass is 271 g/mol. The zero-order chi connectivity index (χ0) is 13.3. The summed E-state index contributed by atoms with van der Waals surface area (Å²) in [5, 5.41) is 9.18. The van der Waals surface area contributed by atoms with Gasteiger partial charge in [0.05, 0.1) is 5.56 Å². The highest BCUT2D eigenvalue weighted by Gasteiger charge is 2.35. The molecule has 0 aliphatic carbocycles. The van der Waals surface area contributed by atoms with Crippen LogP contribution in [0.4, 0.5) is 4.39 Å². The molecule has 1 aromatic rings. The zero-order valence-electron chi connectivity index (χ0n) is 9.40. The van der Waals surface area contributed by atoms with Crippen molar-refractivity contribution < 1.29 is 19.1 Å². The van der Waals surface area contributed by atoms with E-state index in [0.717, 1.165) is 6.07 Å². The fraction of sp³-hybridized carbons (Fsp3) is 0.333. The Balaban J connectivity index is 2.28. The average molecular weight is 272 g/mol. The number of halogens is 2. The van der Waals surface area contributed by atoms with E-state index in [4.69, 9.17) is 16.7 Å². The third kappa shape index (κ3) is 2.31. The predicted molar refractivity (Wildman–Crippen MR) is 63.1 cm³/mol. The van der Waals surface area contributed by atoms with Gasteiger partial charge in [-0.2, -0.15) is 0 Å². The number of carboxylic acid groups (broad SMARTS) is 1. The van der Waals surface area contributed by atoms with Gasteiger partial charge < -0.3 is 10.0 Å². The van der Waals surface area contributed by atoms with Gasteiger partial charge in [-0.05, 0) is 31.0 Å². The van der Waals surface area contributed by atoms with E-state index in [2.05, 4.69) is 0 Å². The first-order chi connectivity index (χ1) is 8.50. The van der Waals surface area contributed by atoms with Crippen LogP contribution in [0.1, 0.15) is 23.2 Å². The number of benzene rings is 1. The number of hydrogen-bond donors (Lipinski definition) is 1. The van der Waals surface area contributed by atoms with Gasteiger partial charge in [0.1, 0.15) is 11.9 Å². The Kier molecular flexibility index (Phi) is 3.52. The number of rotatable bonds is 2. The summed E-state index contributed by atoms with van der Waals surface area (Å²) in [5.41, 5.74) is -0.146. The minimum atomic E-state index is -1.06. The molecule has 1 amide bonds. The molecule has 1 unspecified atom stereocenters.